The van der Waals surface area contributed by atoms with Crippen LogP contribution in [0.5, 0.6) is 5.75 Å². The maximum Gasteiger partial charge on any atom is 0.324 e. The van der Waals surface area contributed by atoms with E-state index in [2.05, 4.69) is 48.2 Å². The predicted octanol–water partition coefficient (Wildman–Crippen LogP) is 2.92. The molecule has 1 heterocycles. The number of ether oxygens (including phenoxy) is 1. The highest BCUT2D eigenvalue weighted by atomic mass is 16.5. The number of hydrogen-bond donors (Lipinski definition) is 3. The molecule has 0 spiro atoms. The molecule has 2 fully saturated rings. The molecule has 1 aliphatic heterocycles. The maximum atomic E-state index is 11.7. The van der Waals surface area contributed by atoms with Crippen LogP contribution >= 0.6 is 0 Å². The van der Waals surface area contributed by atoms with E-state index in [1.807, 2.05) is 6.07 Å². The topological polar surface area (TPSA) is 82.7 Å². The highest BCUT2D eigenvalue weighted by Gasteiger charge is 2.44. The number of hydrogen-bond acceptors (Lipinski definition) is 5. The van der Waals surface area contributed by atoms with Crippen molar-refractivity contribution < 1.29 is 14.3 Å². The molecule has 1 aromatic rings. The lowest BCUT2D eigenvalue weighted by Crippen LogP contribution is -2.49. The van der Waals surface area contributed by atoms with Gasteiger partial charge in [-0.15, -0.1) is 0 Å². The number of benzene rings is 1. The van der Waals surface area contributed by atoms with Crippen LogP contribution < -0.4 is 20.9 Å². The number of nitrogens with one attached hydrogen (secondary N) is 3. The normalized spacial score (nSPS) is 18.1. The summed E-state index contributed by atoms with van der Waals surface area (Å²) in [7, 11) is 0. The third-order valence-corrected chi connectivity index (χ3v) is 5.42. The SMILES string of the molecule is CC(C)COc1cccc(C2(NNCCCCCN3CCC(=O)NC3=O)CC2)c1. The average Bonchev–Trinajstić information content (AvgIpc) is 3.48. The van der Waals surface area contributed by atoms with E-state index >= 15 is 0 Å². The Kier molecular flexibility index (Phi) is 7.50. The summed E-state index contributed by atoms with van der Waals surface area (Å²) >= 11 is 0. The summed E-state index contributed by atoms with van der Waals surface area (Å²) in [5.41, 5.74) is 8.19. The summed E-state index contributed by atoms with van der Waals surface area (Å²) in [5.74, 6) is 1.28. The second-order valence-electron chi connectivity index (χ2n) is 8.52. The van der Waals surface area contributed by atoms with E-state index in [0.717, 1.165) is 51.0 Å². The Morgan fingerprint density at radius 1 is 1.21 bits per heavy atom. The van der Waals surface area contributed by atoms with Crippen molar-refractivity contribution in [2.45, 2.75) is 57.9 Å². The molecule has 0 atom stereocenters. The first-order chi connectivity index (χ1) is 14.0. The van der Waals surface area contributed by atoms with Crippen molar-refractivity contribution in [1.29, 1.82) is 0 Å². The molecule has 2 aliphatic rings. The number of imide groups is 1. The van der Waals surface area contributed by atoms with Crippen molar-refractivity contribution in [3.8, 4) is 5.75 Å². The number of rotatable bonds is 12. The quantitative estimate of drug-likeness (QED) is 0.370. The lowest BCUT2D eigenvalue weighted by molar-refractivity contribution is -0.121. The monoisotopic (exact) mass is 402 g/mol. The van der Waals surface area contributed by atoms with Crippen LogP contribution in [-0.4, -0.2) is 43.1 Å². The second-order valence-corrected chi connectivity index (χ2v) is 8.52. The van der Waals surface area contributed by atoms with Crippen LogP contribution in [0.1, 0.15) is 57.9 Å². The minimum atomic E-state index is -0.253. The van der Waals surface area contributed by atoms with Gasteiger partial charge < -0.3 is 9.64 Å². The van der Waals surface area contributed by atoms with E-state index < -0.39 is 0 Å². The zero-order valence-electron chi connectivity index (χ0n) is 17.6. The molecule has 0 bridgehead atoms. The van der Waals surface area contributed by atoms with Crippen LogP contribution in [0, 0.1) is 5.92 Å². The molecule has 29 heavy (non-hydrogen) atoms. The number of unbranched alkanes of at least 4 members (excludes halogenated alkanes) is 2. The molecular formula is C22H34N4O3. The Labute approximate surface area is 173 Å². The molecule has 3 rings (SSSR count). The standard InChI is InChI=1S/C22H34N4O3/c1-17(2)16-29-19-8-6-7-18(15-19)22(10-11-22)25-23-12-4-3-5-13-26-14-9-20(27)24-21(26)28/h6-8,15,17,23,25H,3-5,9-14,16H2,1-2H3,(H,24,27,28). The number of carbonyl (C=O) groups excluding carboxylic acids is 2. The summed E-state index contributed by atoms with van der Waals surface area (Å²) in [4.78, 5) is 24.6. The zero-order valence-corrected chi connectivity index (χ0v) is 17.6. The van der Waals surface area contributed by atoms with Gasteiger partial charge in [-0.25, -0.2) is 10.2 Å². The maximum absolute atomic E-state index is 11.7. The first-order valence-corrected chi connectivity index (χ1v) is 10.8. The largest absolute Gasteiger partial charge is 0.493 e. The highest BCUT2D eigenvalue weighted by Crippen LogP contribution is 2.45. The zero-order chi connectivity index (χ0) is 20.7. The van der Waals surface area contributed by atoms with Crippen LogP contribution in [-0.2, 0) is 10.3 Å². The Bertz CT molecular complexity index is 703. The van der Waals surface area contributed by atoms with Crippen molar-refractivity contribution in [2.24, 2.45) is 5.92 Å². The third kappa shape index (κ3) is 6.44. The predicted molar refractivity (Wildman–Crippen MR) is 112 cm³/mol. The fourth-order valence-electron chi connectivity index (χ4n) is 3.49. The first kappa shape index (κ1) is 21.6. The molecule has 1 saturated heterocycles. The molecule has 1 aliphatic carbocycles. The molecular weight excluding hydrogens is 368 g/mol. The summed E-state index contributed by atoms with van der Waals surface area (Å²) in [6.45, 7) is 7.17. The van der Waals surface area contributed by atoms with Gasteiger partial charge in [0.15, 0.2) is 0 Å². The van der Waals surface area contributed by atoms with E-state index in [1.165, 1.54) is 5.56 Å². The first-order valence-electron chi connectivity index (χ1n) is 10.8. The Morgan fingerprint density at radius 3 is 2.76 bits per heavy atom. The lowest BCUT2D eigenvalue weighted by Gasteiger charge is -2.26. The molecule has 1 aromatic carbocycles. The van der Waals surface area contributed by atoms with Crippen molar-refractivity contribution in [1.82, 2.24) is 21.1 Å². The van der Waals surface area contributed by atoms with Crippen LogP contribution in [0.3, 0.4) is 0 Å². The van der Waals surface area contributed by atoms with Gasteiger partial charge in [0.25, 0.3) is 0 Å². The van der Waals surface area contributed by atoms with Gasteiger partial charge in [0.05, 0.1) is 12.1 Å². The fraction of sp³-hybridized carbons (Fsp3) is 0.636. The molecule has 7 heteroatoms. The van der Waals surface area contributed by atoms with E-state index in [-0.39, 0.29) is 17.5 Å². The van der Waals surface area contributed by atoms with E-state index in [1.54, 1.807) is 4.90 Å². The van der Waals surface area contributed by atoms with Crippen LogP contribution in [0.15, 0.2) is 24.3 Å². The summed E-state index contributed by atoms with van der Waals surface area (Å²) < 4.78 is 5.87. The van der Waals surface area contributed by atoms with Crippen molar-refractivity contribution in [3.63, 3.8) is 0 Å². The van der Waals surface area contributed by atoms with Crippen LogP contribution in [0.25, 0.3) is 0 Å². The van der Waals surface area contributed by atoms with Gasteiger partial charge in [-0.3, -0.25) is 15.5 Å². The Balaban J connectivity index is 1.32. The van der Waals surface area contributed by atoms with Gasteiger partial charge in [-0.05, 0) is 49.3 Å². The number of carbonyl (C=O) groups is 2. The van der Waals surface area contributed by atoms with Gasteiger partial charge >= 0.3 is 6.03 Å². The number of amides is 3. The van der Waals surface area contributed by atoms with E-state index in [0.29, 0.717) is 25.4 Å². The molecule has 0 unspecified atom stereocenters. The number of nitrogens with zero attached hydrogens (tertiary/aromatic N) is 1. The van der Waals surface area contributed by atoms with Gasteiger partial charge in [-0.2, -0.15) is 0 Å². The molecule has 0 radical (unpaired) electrons. The van der Waals surface area contributed by atoms with Crippen LogP contribution in [0.2, 0.25) is 0 Å². The molecule has 1 saturated carbocycles. The summed E-state index contributed by atoms with van der Waals surface area (Å²) in [5, 5.41) is 2.36. The fourth-order valence-corrected chi connectivity index (χ4v) is 3.49. The van der Waals surface area contributed by atoms with Crippen LogP contribution in [0.4, 0.5) is 4.79 Å². The van der Waals surface area contributed by atoms with Crippen molar-refractivity contribution in [2.75, 3.05) is 26.2 Å². The minimum Gasteiger partial charge on any atom is -0.493 e. The second kappa shape index (κ2) is 10.1. The molecule has 3 N–H and O–H groups in total. The number of hydrazine groups is 1. The van der Waals surface area contributed by atoms with Gasteiger partial charge in [0.1, 0.15) is 5.75 Å². The average molecular weight is 403 g/mol. The van der Waals surface area contributed by atoms with Crippen molar-refractivity contribution in [3.05, 3.63) is 29.8 Å². The summed E-state index contributed by atoms with van der Waals surface area (Å²) in [6, 6.07) is 8.15. The molecule has 3 amide bonds. The molecule has 7 nitrogen and oxygen atoms in total. The smallest absolute Gasteiger partial charge is 0.324 e. The van der Waals surface area contributed by atoms with Gasteiger partial charge in [-0.1, -0.05) is 32.4 Å². The minimum absolute atomic E-state index is 0.0234. The molecule has 0 aromatic heterocycles. The number of urea groups is 1. The highest BCUT2D eigenvalue weighted by molar-refractivity contribution is 5.96. The van der Waals surface area contributed by atoms with E-state index in [4.69, 9.17) is 4.74 Å². The third-order valence-electron chi connectivity index (χ3n) is 5.42. The lowest BCUT2D eigenvalue weighted by atomic mass is 10.1. The summed E-state index contributed by atoms with van der Waals surface area (Å²) in [6.07, 6.45) is 5.67. The van der Waals surface area contributed by atoms with Crippen molar-refractivity contribution >= 4 is 11.9 Å². The molecule has 160 valence electrons. The Hall–Kier alpha value is -2.12. The van der Waals surface area contributed by atoms with E-state index in [9.17, 15) is 9.59 Å². The Morgan fingerprint density at radius 2 is 2.03 bits per heavy atom. The van der Waals surface area contributed by atoms with Gasteiger partial charge in [0, 0.05) is 26.1 Å². The van der Waals surface area contributed by atoms with Gasteiger partial charge in [0.2, 0.25) is 5.91 Å².